The Labute approximate surface area is 156 Å². The molecule has 0 spiro atoms. The highest BCUT2D eigenvalue weighted by atomic mass is 16.2. The van der Waals surface area contributed by atoms with Gasteiger partial charge in [-0.1, -0.05) is 25.1 Å². The Bertz CT molecular complexity index is 753. The molecule has 0 unspecified atom stereocenters. The quantitative estimate of drug-likeness (QED) is 0.880. The molecule has 0 saturated carbocycles. The van der Waals surface area contributed by atoms with Crippen molar-refractivity contribution in [1.82, 2.24) is 14.7 Å². The summed E-state index contributed by atoms with van der Waals surface area (Å²) >= 11 is 0. The summed E-state index contributed by atoms with van der Waals surface area (Å²) in [6, 6.07) is 10.2. The Morgan fingerprint density at radius 2 is 2.00 bits per heavy atom. The first-order chi connectivity index (χ1) is 12.5. The highest BCUT2D eigenvalue weighted by Crippen LogP contribution is 2.25. The molecule has 1 amide bonds. The van der Waals surface area contributed by atoms with Crippen LogP contribution in [-0.2, 0) is 4.79 Å². The maximum Gasteiger partial charge on any atom is 0.245 e. The van der Waals surface area contributed by atoms with Crippen molar-refractivity contribution in [3.63, 3.8) is 0 Å². The first-order valence-corrected chi connectivity index (χ1v) is 9.71. The van der Waals surface area contributed by atoms with E-state index in [9.17, 15) is 4.79 Å². The fourth-order valence-corrected chi connectivity index (χ4v) is 3.91. The minimum absolute atomic E-state index is 0.197. The molecule has 3 rings (SSSR count). The summed E-state index contributed by atoms with van der Waals surface area (Å²) in [6.07, 6.45) is 4.49. The third-order valence-corrected chi connectivity index (χ3v) is 5.40. The third-order valence-electron chi connectivity index (χ3n) is 5.40. The lowest BCUT2D eigenvalue weighted by Gasteiger charge is -2.37. The number of benzene rings is 1. The van der Waals surface area contributed by atoms with Gasteiger partial charge < -0.3 is 10.2 Å². The predicted octanol–water partition coefficient (Wildman–Crippen LogP) is 4.08. The smallest absolute Gasteiger partial charge is 0.245 e. The molecule has 5 heteroatoms. The van der Waals surface area contributed by atoms with Crippen LogP contribution in [0.1, 0.15) is 50.9 Å². The number of hydrogen-bond donors (Lipinski definition) is 1. The molecule has 2 aromatic rings. The second kappa shape index (κ2) is 7.94. The molecule has 1 aromatic heterocycles. The SMILES string of the molecule is CC[C@@H]1CCCCN1C(=O)[C@H](C)Nc1c(C)nn(-c2ccccc2)c1C. The zero-order valence-corrected chi connectivity index (χ0v) is 16.3. The van der Waals surface area contributed by atoms with Gasteiger partial charge in [-0.15, -0.1) is 0 Å². The first-order valence-electron chi connectivity index (χ1n) is 9.71. The Kier molecular flexibility index (Phi) is 5.64. The molecule has 1 saturated heterocycles. The van der Waals surface area contributed by atoms with Crippen molar-refractivity contribution in [3.05, 3.63) is 41.7 Å². The molecule has 2 heterocycles. The van der Waals surface area contributed by atoms with E-state index in [1.807, 2.05) is 55.8 Å². The molecule has 1 aromatic carbocycles. The number of rotatable bonds is 5. The van der Waals surface area contributed by atoms with Crippen LogP contribution in [0, 0.1) is 13.8 Å². The Balaban J connectivity index is 1.78. The van der Waals surface area contributed by atoms with Gasteiger partial charge in [-0.25, -0.2) is 4.68 Å². The van der Waals surface area contributed by atoms with E-state index in [4.69, 9.17) is 0 Å². The number of anilines is 1. The summed E-state index contributed by atoms with van der Waals surface area (Å²) in [5.74, 6) is 0.197. The van der Waals surface area contributed by atoms with Crippen LogP contribution in [0.2, 0.25) is 0 Å². The van der Waals surface area contributed by atoms with Crippen LogP contribution < -0.4 is 5.32 Å². The zero-order valence-electron chi connectivity index (χ0n) is 16.3. The fourth-order valence-electron chi connectivity index (χ4n) is 3.91. The van der Waals surface area contributed by atoms with E-state index in [0.717, 1.165) is 48.6 Å². The maximum atomic E-state index is 13.0. The third kappa shape index (κ3) is 3.62. The monoisotopic (exact) mass is 354 g/mol. The summed E-state index contributed by atoms with van der Waals surface area (Å²) in [5, 5.41) is 8.10. The molecule has 0 bridgehead atoms. The highest BCUT2D eigenvalue weighted by molar-refractivity contribution is 5.85. The van der Waals surface area contributed by atoms with Gasteiger partial charge in [-0.3, -0.25) is 4.79 Å². The van der Waals surface area contributed by atoms with Crippen molar-refractivity contribution in [2.45, 2.75) is 65.5 Å². The van der Waals surface area contributed by atoms with E-state index in [2.05, 4.69) is 22.2 Å². The van der Waals surface area contributed by atoms with Crippen molar-refractivity contribution in [1.29, 1.82) is 0 Å². The minimum Gasteiger partial charge on any atom is -0.371 e. The molecular weight excluding hydrogens is 324 g/mol. The molecule has 1 aliphatic rings. The van der Waals surface area contributed by atoms with Crippen molar-refractivity contribution >= 4 is 11.6 Å². The zero-order chi connectivity index (χ0) is 18.7. The average Bonchev–Trinajstić information content (AvgIpc) is 2.96. The largest absolute Gasteiger partial charge is 0.371 e. The van der Waals surface area contributed by atoms with E-state index >= 15 is 0 Å². The molecule has 5 nitrogen and oxygen atoms in total. The van der Waals surface area contributed by atoms with E-state index in [1.54, 1.807) is 0 Å². The van der Waals surface area contributed by atoms with Crippen LogP contribution in [0.4, 0.5) is 5.69 Å². The number of carbonyl (C=O) groups excluding carboxylic acids is 1. The minimum atomic E-state index is -0.257. The lowest BCUT2D eigenvalue weighted by atomic mass is 9.99. The topological polar surface area (TPSA) is 50.2 Å². The molecule has 140 valence electrons. The number of likely N-dealkylation sites (tertiary alicyclic amines) is 1. The average molecular weight is 354 g/mol. The molecule has 1 aliphatic heterocycles. The van der Waals surface area contributed by atoms with E-state index < -0.39 is 0 Å². The number of aryl methyl sites for hydroxylation is 1. The lowest BCUT2D eigenvalue weighted by Crippen LogP contribution is -2.49. The van der Waals surface area contributed by atoms with Gasteiger partial charge in [0.25, 0.3) is 0 Å². The van der Waals surface area contributed by atoms with Gasteiger partial charge in [0.1, 0.15) is 6.04 Å². The van der Waals surface area contributed by atoms with Gasteiger partial charge in [0.05, 0.1) is 22.8 Å². The maximum absolute atomic E-state index is 13.0. The summed E-state index contributed by atoms with van der Waals surface area (Å²) in [6.45, 7) is 9.05. The molecule has 1 N–H and O–H groups in total. The van der Waals surface area contributed by atoms with Crippen LogP contribution in [0.3, 0.4) is 0 Å². The summed E-state index contributed by atoms with van der Waals surface area (Å²) in [7, 11) is 0. The molecule has 2 atom stereocenters. The van der Waals surface area contributed by atoms with Crippen LogP contribution in [-0.4, -0.2) is 39.2 Å². The Hall–Kier alpha value is -2.30. The predicted molar refractivity (Wildman–Crippen MR) is 106 cm³/mol. The number of amides is 1. The normalized spacial score (nSPS) is 18.6. The molecule has 26 heavy (non-hydrogen) atoms. The van der Waals surface area contributed by atoms with Gasteiger partial charge in [-0.2, -0.15) is 5.10 Å². The van der Waals surface area contributed by atoms with Gasteiger partial charge in [0.2, 0.25) is 5.91 Å². The number of aromatic nitrogens is 2. The van der Waals surface area contributed by atoms with Crippen LogP contribution in [0.25, 0.3) is 5.69 Å². The summed E-state index contributed by atoms with van der Waals surface area (Å²) in [5.41, 5.74) is 3.93. The standard InChI is InChI=1S/C21H30N4O/c1-5-18-11-9-10-14-24(18)21(26)16(3)22-20-15(2)23-25(17(20)4)19-12-7-6-8-13-19/h6-8,12-13,16,18,22H,5,9-11,14H2,1-4H3/t16-,18+/m0/s1. The summed E-state index contributed by atoms with van der Waals surface area (Å²) in [4.78, 5) is 15.1. The number of hydrogen-bond acceptors (Lipinski definition) is 3. The molecule has 0 aliphatic carbocycles. The van der Waals surface area contributed by atoms with Gasteiger partial charge >= 0.3 is 0 Å². The summed E-state index contributed by atoms with van der Waals surface area (Å²) < 4.78 is 1.94. The van der Waals surface area contributed by atoms with Crippen LogP contribution in [0.5, 0.6) is 0 Å². The molecule has 0 radical (unpaired) electrons. The first kappa shape index (κ1) is 18.5. The second-order valence-electron chi connectivity index (χ2n) is 7.25. The van der Waals surface area contributed by atoms with Gasteiger partial charge in [-0.05, 0) is 58.6 Å². The van der Waals surface area contributed by atoms with Crippen LogP contribution >= 0.6 is 0 Å². The number of carbonyl (C=O) groups is 1. The Morgan fingerprint density at radius 1 is 1.27 bits per heavy atom. The molecular formula is C21H30N4O. The van der Waals surface area contributed by atoms with E-state index in [1.165, 1.54) is 6.42 Å². The van der Waals surface area contributed by atoms with Crippen molar-refractivity contribution in [2.75, 3.05) is 11.9 Å². The second-order valence-corrected chi connectivity index (χ2v) is 7.25. The Morgan fingerprint density at radius 3 is 2.69 bits per heavy atom. The highest BCUT2D eigenvalue weighted by Gasteiger charge is 2.29. The molecule has 1 fully saturated rings. The van der Waals surface area contributed by atoms with E-state index in [0.29, 0.717) is 6.04 Å². The number of piperidine rings is 1. The van der Waals surface area contributed by atoms with E-state index in [-0.39, 0.29) is 11.9 Å². The van der Waals surface area contributed by atoms with Crippen molar-refractivity contribution < 1.29 is 4.79 Å². The number of nitrogens with one attached hydrogen (secondary N) is 1. The fraction of sp³-hybridized carbons (Fsp3) is 0.524. The number of nitrogens with zero attached hydrogens (tertiary/aromatic N) is 3. The van der Waals surface area contributed by atoms with Gasteiger partial charge in [0, 0.05) is 12.6 Å². The van der Waals surface area contributed by atoms with Gasteiger partial charge in [0.15, 0.2) is 0 Å². The van der Waals surface area contributed by atoms with Crippen molar-refractivity contribution in [3.8, 4) is 5.69 Å². The van der Waals surface area contributed by atoms with Crippen molar-refractivity contribution in [2.24, 2.45) is 0 Å². The lowest BCUT2D eigenvalue weighted by molar-refractivity contribution is -0.135. The van der Waals surface area contributed by atoms with Crippen LogP contribution in [0.15, 0.2) is 30.3 Å². The number of para-hydroxylation sites is 1.